The molecule has 1 saturated heterocycles. The van der Waals surface area contributed by atoms with Crippen LogP contribution in [0.15, 0.2) is 27.8 Å². The molecule has 0 radical (unpaired) electrons. The lowest BCUT2D eigenvalue weighted by Crippen LogP contribution is -2.26. The number of aliphatic carboxylic acids is 1. The highest BCUT2D eigenvalue weighted by molar-refractivity contribution is 8.15. The molecule has 1 aromatic rings. The Hall–Kier alpha value is -1.76. The largest absolute Gasteiger partial charge is 0.481 e. The SMILES string of the molecule is O=C(O)CC1SC(=NCc2ccco2)NC1=O. The van der Waals surface area contributed by atoms with Gasteiger partial charge in [-0.2, -0.15) is 0 Å². The maximum absolute atomic E-state index is 11.4. The van der Waals surface area contributed by atoms with Crippen LogP contribution in [0.3, 0.4) is 0 Å². The first-order valence-electron chi connectivity index (χ1n) is 4.91. The number of carbonyl (C=O) groups excluding carboxylic acids is 1. The van der Waals surface area contributed by atoms with E-state index in [0.717, 1.165) is 11.8 Å². The second kappa shape index (κ2) is 5.05. The van der Waals surface area contributed by atoms with Gasteiger partial charge in [-0.3, -0.25) is 14.6 Å². The Labute approximate surface area is 101 Å². The summed E-state index contributed by atoms with van der Waals surface area (Å²) in [5.74, 6) is -0.616. The number of hydrogen-bond donors (Lipinski definition) is 2. The summed E-state index contributed by atoms with van der Waals surface area (Å²) in [6.07, 6.45) is 1.35. The molecule has 2 heterocycles. The maximum Gasteiger partial charge on any atom is 0.305 e. The third-order valence-electron chi connectivity index (χ3n) is 2.10. The van der Waals surface area contributed by atoms with E-state index in [1.54, 1.807) is 18.4 Å². The Bertz CT molecular complexity index is 455. The van der Waals surface area contributed by atoms with Crippen molar-refractivity contribution in [3.8, 4) is 0 Å². The Balaban J connectivity index is 1.94. The van der Waals surface area contributed by atoms with Crippen LogP contribution >= 0.6 is 11.8 Å². The predicted octanol–water partition coefficient (Wildman–Crippen LogP) is 0.842. The van der Waals surface area contributed by atoms with Crippen molar-refractivity contribution in [1.29, 1.82) is 0 Å². The molecule has 0 bridgehead atoms. The van der Waals surface area contributed by atoms with E-state index < -0.39 is 11.2 Å². The molecular weight excluding hydrogens is 244 g/mol. The average Bonchev–Trinajstić information content (AvgIpc) is 2.86. The Morgan fingerprint density at radius 2 is 2.47 bits per heavy atom. The number of amidine groups is 1. The molecule has 6 nitrogen and oxygen atoms in total. The van der Waals surface area contributed by atoms with Crippen LogP contribution in [0, 0.1) is 0 Å². The minimum absolute atomic E-state index is 0.198. The van der Waals surface area contributed by atoms with Gasteiger partial charge in [0.1, 0.15) is 11.0 Å². The first-order valence-corrected chi connectivity index (χ1v) is 5.79. The molecule has 0 spiro atoms. The van der Waals surface area contributed by atoms with E-state index in [4.69, 9.17) is 9.52 Å². The van der Waals surface area contributed by atoms with Gasteiger partial charge in [-0.15, -0.1) is 0 Å². The summed E-state index contributed by atoms with van der Waals surface area (Å²) in [4.78, 5) is 26.0. The topological polar surface area (TPSA) is 91.9 Å². The molecular formula is C10H10N2O4S. The van der Waals surface area contributed by atoms with Crippen LogP contribution in [0.25, 0.3) is 0 Å². The predicted molar refractivity (Wildman–Crippen MR) is 61.6 cm³/mol. The summed E-state index contributed by atoms with van der Waals surface area (Å²) in [7, 11) is 0. The summed E-state index contributed by atoms with van der Waals surface area (Å²) < 4.78 is 5.09. The summed E-state index contributed by atoms with van der Waals surface area (Å²) >= 11 is 1.14. The molecule has 0 aliphatic carbocycles. The highest BCUT2D eigenvalue weighted by Gasteiger charge is 2.31. The van der Waals surface area contributed by atoms with Gasteiger partial charge in [-0.25, -0.2) is 0 Å². The molecule has 7 heteroatoms. The molecule has 2 rings (SSSR count). The van der Waals surface area contributed by atoms with E-state index in [-0.39, 0.29) is 12.3 Å². The third kappa shape index (κ3) is 3.10. The number of amides is 1. The lowest BCUT2D eigenvalue weighted by Gasteiger charge is -1.98. The number of carboxylic acid groups (broad SMARTS) is 1. The third-order valence-corrected chi connectivity index (χ3v) is 3.21. The van der Waals surface area contributed by atoms with Gasteiger partial charge >= 0.3 is 5.97 Å². The normalized spacial score (nSPS) is 21.8. The minimum atomic E-state index is -0.995. The van der Waals surface area contributed by atoms with Crippen molar-refractivity contribution in [3.05, 3.63) is 24.2 Å². The second-order valence-corrected chi connectivity index (χ2v) is 4.59. The van der Waals surface area contributed by atoms with Crippen LogP contribution in [0.4, 0.5) is 0 Å². The van der Waals surface area contributed by atoms with Gasteiger partial charge < -0.3 is 14.8 Å². The molecule has 1 amide bonds. The average molecular weight is 254 g/mol. The fourth-order valence-electron chi connectivity index (χ4n) is 1.33. The number of furan rings is 1. The number of thioether (sulfide) groups is 1. The van der Waals surface area contributed by atoms with Crippen LogP contribution in [-0.4, -0.2) is 27.4 Å². The quantitative estimate of drug-likeness (QED) is 0.830. The number of carboxylic acids is 1. The zero-order chi connectivity index (χ0) is 12.3. The van der Waals surface area contributed by atoms with Gasteiger partial charge in [0.05, 0.1) is 19.2 Å². The van der Waals surface area contributed by atoms with E-state index in [2.05, 4.69) is 10.3 Å². The monoisotopic (exact) mass is 254 g/mol. The van der Waals surface area contributed by atoms with Crippen LogP contribution in [0.2, 0.25) is 0 Å². The summed E-state index contributed by atoms with van der Waals surface area (Å²) in [5.41, 5.74) is 0. The van der Waals surface area contributed by atoms with E-state index >= 15 is 0 Å². The van der Waals surface area contributed by atoms with Gasteiger partial charge in [0.25, 0.3) is 0 Å². The van der Waals surface area contributed by atoms with Crippen molar-refractivity contribution in [1.82, 2.24) is 5.32 Å². The smallest absolute Gasteiger partial charge is 0.305 e. The van der Waals surface area contributed by atoms with Crippen molar-refractivity contribution >= 4 is 28.8 Å². The fraction of sp³-hybridized carbons (Fsp3) is 0.300. The first-order chi connectivity index (χ1) is 8.15. The highest BCUT2D eigenvalue weighted by atomic mass is 32.2. The van der Waals surface area contributed by atoms with E-state index in [0.29, 0.717) is 17.5 Å². The molecule has 1 unspecified atom stereocenters. The second-order valence-electron chi connectivity index (χ2n) is 3.39. The lowest BCUT2D eigenvalue weighted by molar-refractivity contribution is -0.138. The molecule has 17 heavy (non-hydrogen) atoms. The Kier molecular flexibility index (Phi) is 3.48. The first kappa shape index (κ1) is 11.7. The number of nitrogens with zero attached hydrogens (tertiary/aromatic N) is 1. The zero-order valence-electron chi connectivity index (χ0n) is 8.75. The summed E-state index contributed by atoms with van der Waals surface area (Å²) in [5, 5.41) is 11.0. The van der Waals surface area contributed by atoms with Crippen LogP contribution in [0.1, 0.15) is 12.2 Å². The van der Waals surface area contributed by atoms with Crippen molar-refractivity contribution in [2.45, 2.75) is 18.2 Å². The van der Waals surface area contributed by atoms with E-state index in [1.807, 2.05) is 0 Å². The maximum atomic E-state index is 11.4. The zero-order valence-corrected chi connectivity index (χ0v) is 9.57. The molecule has 90 valence electrons. The van der Waals surface area contributed by atoms with Crippen molar-refractivity contribution in [2.24, 2.45) is 4.99 Å². The number of aliphatic imine (C=N–C) groups is 1. The molecule has 1 aliphatic rings. The van der Waals surface area contributed by atoms with Crippen LogP contribution in [-0.2, 0) is 16.1 Å². The van der Waals surface area contributed by atoms with E-state index in [9.17, 15) is 9.59 Å². The Morgan fingerprint density at radius 3 is 3.12 bits per heavy atom. The molecule has 1 aliphatic heterocycles. The number of rotatable bonds is 4. The number of hydrogen-bond acceptors (Lipinski definition) is 5. The molecule has 0 saturated carbocycles. The van der Waals surface area contributed by atoms with Gasteiger partial charge in [0, 0.05) is 0 Å². The standard InChI is InChI=1S/C10H10N2O4S/c13-8(14)4-7-9(15)12-10(17-7)11-5-6-2-1-3-16-6/h1-3,7H,4-5H2,(H,13,14)(H,11,12,15). The highest BCUT2D eigenvalue weighted by Crippen LogP contribution is 2.22. The summed E-state index contributed by atoms with van der Waals surface area (Å²) in [6.45, 7) is 0.329. The number of nitrogens with one attached hydrogen (secondary N) is 1. The van der Waals surface area contributed by atoms with Crippen LogP contribution in [0.5, 0.6) is 0 Å². The van der Waals surface area contributed by atoms with Crippen molar-refractivity contribution in [3.63, 3.8) is 0 Å². The van der Waals surface area contributed by atoms with Gasteiger partial charge in [-0.05, 0) is 12.1 Å². The lowest BCUT2D eigenvalue weighted by atomic mass is 10.3. The number of carbonyl (C=O) groups is 2. The molecule has 1 fully saturated rings. The fourth-order valence-corrected chi connectivity index (χ4v) is 2.29. The van der Waals surface area contributed by atoms with Gasteiger partial charge in [0.2, 0.25) is 5.91 Å². The molecule has 2 N–H and O–H groups in total. The van der Waals surface area contributed by atoms with Crippen molar-refractivity contribution < 1.29 is 19.1 Å². The van der Waals surface area contributed by atoms with Gasteiger partial charge in [0.15, 0.2) is 5.17 Å². The minimum Gasteiger partial charge on any atom is -0.481 e. The summed E-state index contributed by atoms with van der Waals surface area (Å²) in [6, 6.07) is 3.53. The molecule has 0 aromatic carbocycles. The van der Waals surface area contributed by atoms with Crippen LogP contribution < -0.4 is 5.32 Å². The Morgan fingerprint density at radius 1 is 1.65 bits per heavy atom. The van der Waals surface area contributed by atoms with Crippen molar-refractivity contribution in [2.75, 3.05) is 0 Å². The molecule has 1 atom stereocenters. The van der Waals surface area contributed by atoms with Gasteiger partial charge in [-0.1, -0.05) is 11.8 Å². The molecule has 1 aromatic heterocycles. The van der Waals surface area contributed by atoms with E-state index in [1.165, 1.54) is 0 Å².